The van der Waals surface area contributed by atoms with Crippen molar-refractivity contribution in [1.82, 2.24) is 24.2 Å². The van der Waals surface area contributed by atoms with E-state index in [9.17, 15) is 9.90 Å². The van der Waals surface area contributed by atoms with Crippen LogP contribution in [0, 0.1) is 6.92 Å². The lowest BCUT2D eigenvalue weighted by Crippen LogP contribution is -2.27. The van der Waals surface area contributed by atoms with Crippen LogP contribution in [-0.4, -0.2) is 42.3 Å². The van der Waals surface area contributed by atoms with Crippen molar-refractivity contribution < 1.29 is 9.90 Å². The van der Waals surface area contributed by atoms with Gasteiger partial charge in [-0.2, -0.15) is 5.10 Å². The van der Waals surface area contributed by atoms with Gasteiger partial charge in [-0.3, -0.25) is 9.48 Å². The van der Waals surface area contributed by atoms with E-state index in [4.69, 9.17) is 0 Å². The molecule has 26 heavy (non-hydrogen) atoms. The van der Waals surface area contributed by atoms with E-state index in [1.54, 1.807) is 4.90 Å². The fourth-order valence-corrected chi connectivity index (χ4v) is 3.20. The number of hydrogen-bond donors (Lipinski definition) is 1. The Bertz CT molecular complexity index is 912. The highest BCUT2D eigenvalue weighted by molar-refractivity contribution is 5.78. The highest BCUT2D eigenvalue weighted by Gasteiger charge is 2.15. The van der Waals surface area contributed by atoms with Crippen LogP contribution in [0.4, 0.5) is 0 Å². The number of aliphatic hydroxyl groups excluding tert-OH is 1. The number of aryl methyl sites for hydroxylation is 2. The van der Waals surface area contributed by atoms with Gasteiger partial charge in [0.15, 0.2) is 0 Å². The zero-order chi connectivity index (χ0) is 18.7. The lowest BCUT2D eigenvalue weighted by molar-refractivity contribution is -0.130. The lowest BCUT2D eigenvalue weighted by Gasteiger charge is -2.18. The molecule has 0 saturated carbocycles. The van der Waals surface area contributed by atoms with E-state index in [-0.39, 0.29) is 12.5 Å². The van der Waals surface area contributed by atoms with Crippen molar-refractivity contribution in [3.8, 4) is 0 Å². The molecule has 1 aromatic carbocycles. The van der Waals surface area contributed by atoms with Gasteiger partial charge in [-0.15, -0.1) is 0 Å². The third-order valence-corrected chi connectivity index (χ3v) is 4.76. The number of carbonyl (C=O) groups excluding carboxylic acids is 1. The van der Waals surface area contributed by atoms with Crippen LogP contribution in [0.1, 0.15) is 30.4 Å². The van der Waals surface area contributed by atoms with Crippen molar-refractivity contribution in [3.05, 3.63) is 47.5 Å². The molecular formula is C19H25N5O2. The van der Waals surface area contributed by atoms with Gasteiger partial charge in [-0.25, -0.2) is 4.98 Å². The van der Waals surface area contributed by atoms with Crippen LogP contribution < -0.4 is 0 Å². The Balaban J connectivity index is 1.67. The second kappa shape index (κ2) is 7.70. The molecule has 0 unspecified atom stereocenters. The zero-order valence-electron chi connectivity index (χ0n) is 15.5. The maximum Gasteiger partial charge on any atom is 0.224 e. The third-order valence-electron chi connectivity index (χ3n) is 4.76. The summed E-state index contributed by atoms with van der Waals surface area (Å²) in [5.74, 6) is 0.636. The molecule has 0 saturated heterocycles. The molecule has 0 spiro atoms. The third kappa shape index (κ3) is 3.48. The minimum atomic E-state index is -0.145. The summed E-state index contributed by atoms with van der Waals surface area (Å²) in [6.45, 7) is 5.78. The molecule has 7 heteroatoms. The Hall–Kier alpha value is -2.67. The van der Waals surface area contributed by atoms with Crippen LogP contribution in [-0.2, 0) is 31.0 Å². The van der Waals surface area contributed by atoms with E-state index in [2.05, 4.69) is 10.1 Å². The molecule has 138 valence electrons. The maximum atomic E-state index is 12.6. The standard InChI is InChI=1S/C19H25N5O2/c1-4-24-14(2)15(11-20-24)12-22(3)19(26)9-10-23-17-8-6-5-7-16(17)21-18(23)13-25/h5-8,11,25H,4,9-10,12-13H2,1-3H3. The number of nitrogens with zero attached hydrogens (tertiary/aromatic N) is 5. The Kier molecular flexibility index (Phi) is 5.37. The minimum Gasteiger partial charge on any atom is -0.388 e. The molecule has 3 rings (SSSR count). The number of rotatable bonds is 7. The van der Waals surface area contributed by atoms with Crippen LogP contribution in [0.2, 0.25) is 0 Å². The van der Waals surface area contributed by atoms with Crippen LogP contribution in [0.5, 0.6) is 0 Å². The van der Waals surface area contributed by atoms with Gasteiger partial charge in [0.1, 0.15) is 12.4 Å². The first kappa shape index (κ1) is 18.1. The number of aliphatic hydroxyl groups is 1. The molecule has 7 nitrogen and oxygen atoms in total. The summed E-state index contributed by atoms with van der Waals surface area (Å²) in [6.07, 6.45) is 2.18. The van der Waals surface area contributed by atoms with Gasteiger partial charge >= 0.3 is 0 Å². The summed E-state index contributed by atoms with van der Waals surface area (Å²) in [4.78, 5) is 18.7. The van der Waals surface area contributed by atoms with Crippen molar-refractivity contribution in [2.45, 2.75) is 46.5 Å². The van der Waals surface area contributed by atoms with Gasteiger partial charge in [-0.1, -0.05) is 12.1 Å². The average Bonchev–Trinajstić information content (AvgIpc) is 3.19. The maximum absolute atomic E-state index is 12.6. The molecule has 2 heterocycles. The molecule has 0 aliphatic rings. The summed E-state index contributed by atoms with van der Waals surface area (Å²) in [5.41, 5.74) is 3.93. The number of para-hydroxylation sites is 2. The van der Waals surface area contributed by atoms with E-state index >= 15 is 0 Å². The monoisotopic (exact) mass is 355 g/mol. The molecule has 3 aromatic rings. The molecule has 0 aliphatic carbocycles. The second-order valence-electron chi connectivity index (χ2n) is 6.40. The highest BCUT2D eigenvalue weighted by atomic mass is 16.3. The topological polar surface area (TPSA) is 76.2 Å². The van der Waals surface area contributed by atoms with Crippen LogP contribution in [0.3, 0.4) is 0 Å². The number of carbonyl (C=O) groups is 1. The minimum absolute atomic E-state index is 0.0512. The first-order valence-electron chi connectivity index (χ1n) is 8.85. The fraction of sp³-hybridized carbons (Fsp3) is 0.421. The van der Waals surface area contributed by atoms with Crippen molar-refractivity contribution in [1.29, 1.82) is 0 Å². The molecule has 0 bridgehead atoms. The van der Waals surface area contributed by atoms with Gasteiger partial charge in [0, 0.05) is 44.4 Å². The number of imidazole rings is 1. The van der Waals surface area contributed by atoms with Gasteiger partial charge in [0.25, 0.3) is 0 Å². The van der Waals surface area contributed by atoms with E-state index in [0.717, 1.165) is 28.8 Å². The molecule has 0 aliphatic heterocycles. The quantitative estimate of drug-likeness (QED) is 0.704. The molecular weight excluding hydrogens is 330 g/mol. The van der Waals surface area contributed by atoms with Crippen molar-refractivity contribution in [2.24, 2.45) is 0 Å². The van der Waals surface area contributed by atoms with Gasteiger partial charge in [-0.05, 0) is 26.0 Å². The van der Waals surface area contributed by atoms with E-state index in [1.165, 1.54) is 0 Å². The number of benzene rings is 1. The van der Waals surface area contributed by atoms with Crippen molar-refractivity contribution in [2.75, 3.05) is 7.05 Å². The molecule has 1 amide bonds. The van der Waals surface area contributed by atoms with E-state index in [1.807, 2.05) is 60.6 Å². The molecule has 0 radical (unpaired) electrons. The fourth-order valence-electron chi connectivity index (χ4n) is 3.20. The Morgan fingerprint density at radius 1 is 1.31 bits per heavy atom. The molecule has 0 fully saturated rings. The summed E-state index contributed by atoms with van der Waals surface area (Å²) in [7, 11) is 1.81. The number of hydrogen-bond acceptors (Lipinski definition) is 4. The summed E-state index contributed by atoms with van der Waals surface area (Å²) in [5, 5.41) is 13.9. The van der Waals surface area contributed by atoms with Gasteiger partial charge in [0.2, 0.25) is 5.91 Å². The molecule has 2 aromatic heterocycles. The molecule has 0 atom stereocenters. The summed E-state index contributed by atoms with van der Waals surface area (Å²) in [6, 6.07) is 7.72. The van der Waals surface area contributed by atoms with Gasteiger partial charge in [0.05, 0.1) is 17.2 Å². The van der Waals surface area contributed by atoms with Crippen LogP contribution in [0.25, 0.3) is 11.0 Å². The SMILES string of the molecule is CCn1ncc(CN(C)C(=O)CCn2c(CO)nc3ccccc32)c1C. The van der Waals surface area contributed by atoms with E-state index < -0.39 is 0 Å². The normalized spacial score (nSPS) is 11.2. The van der Waals surface area contributed by atoms with Gasteiger partial charge < -0.3 is 14.6 Å². The van der Waals surface area contributed by atoms with Crippen molar-refractivity contribution in [3.63, 3.8) is 0 Å². The highest BCUT2D eigenvalue weighted by Crippen LogP contribution is 2.17. The predicted molar refractivity (Wildman–Crippen MR) is 99.4 cm³/mol. The largest absolute Gasteiger partial charge is 0.388 e. The lowest BCUT2D eigenvalue weighted by atomic mass is 10.2. The molecule has 1 N–H and O–H groups in total. The van der Waals surface area contributed by atoms with Crippen LogP contribution in [0.15, 0.2) is 30.5 Å². The second-order valence-corrected chi connectivity index (χ2v) is 6.40. The summed E-state index contributed by atoms with van der Waals surface area (Å²) >= 11 is 0. The number of fused-ring (bicyclic) bond motifs is 1. The van der Waals surface area contributed by atoms with E-state index in [0.29, 0.717) is 25.3 Å². The smallest absolute Gasteiger partial charge is 0.224 e. The first-order chi connectivity index (χ1) is 12.5. The van der Waals surface area contributed by atoms with Crippen molar-refractivity contribution >= 4 is 16.9 Å². The zero-order valence-corrected chi connectivity index (χ0v) is 15.5. The summed E-state index contributed by atoms with van der Waals surface area (Å²) < 4.78 is 3.85. The number of amides is 1. The predicted octanol–water partition coefficient (Wildman–Crippen LogP) is 2.10. The average molecular weight is 355 g/mol. The van der Waals surface area contributed by atoms with Crippen LogP contribution >= 0.6 is 0 Å². The Labute approximate surface area is 152 Å². The first-order valence-corrected chi connectivity index (χ1v) is 8.85. The number of aromatic nitrogens is 4. The Morgan fingerprint density at radius 3 is 2.77 bits per heavy atom. The Morgan fingerprint density at radius 2 is 2.08 bits per heavy atom.